The topological polar surface area (TPSA) is 47.4 Å². The standard InChI is InChI=1S/C14H21N3O2/c1-2-17-12-6-9-19-10-11(12)13(15-17)14(18)16-7-4-3-5-8-16/h2-10H2,1H3. The predicted octanol–water partition coefficient (Wildman–Crippen LogP) is 1.60. The van der Waals surface area contributed by atoms with Gasteiger partial charge in [0.25, 0.3) is 5.91 Å². The second-order valence-corrected chi connectivity index (χ2v) is 5.25. The van der Waals surface area contributed by atoms with Gasteiger partial charge in [-0.1, -0.05) is 0 Å². The van der Waals surface area contributed by atoms with E-state index in [1.54, 1.807) is 0 Å². The Kier molecular flexibility index (Phi) is 3.55. The lowest BCUT2D eigenvalue weighted by molar-refractivity contribution is 0.0705. The lowest BCUT2D eigenvalue weighted by atomic mass is 10.1. The summed E-state index contributed by atoms with van der Waals surface area (Å²) in [5.41, 5.74) is 2.83. The summed E-state index contributed by atoms with van der Waals surface area (Å²) in [5, 5.41) is 4.53. The molecule has 104 valence electrons. The number of rotatable bonds is 2. The molecule has 5 nitrogen and oxygen atoms in total. The minimum atomic E-state index is 0.0913. The van der Waals surface area contributed by atoms with Crippen LogP contribution in [0.5, 0.6) is 0 Å². The van der Waals surface area contributed by atoms with Crippen molar-refractivity contribution in [1.82, 2.24) is 14.7 Å². The third kappa shape index (κ3) is 2.27. The molecule has 0 atom stereocenters. The van der Waals surface area contributed by atoms with Crippen LogP contribution in [0.15, 0.2) is 0 Å². The Morgan fingerprint density at radius 3 is 2.84 bits per heavy atom. The van der Waals surface area contributed by atoms with Crippen LogP contribution >= 0.6 is 0 Å². The van der Waals surface area contributed by atoms with Gasteiger partial charge in [0.1, 0.15) is 0 Å². The maximum atomic E-state index is 12.6. The predicted molar refractivity (Wildman–Crippen MR) is 71.0 cm³/mol. The van der Waals surface area contributed by atoms with E-state index in [1.807, 2.05) is 9.58 Å². The fourth-order valence-corrected chi connectivity index (χ4v) is 2.99. The highest BCUT2D eigenvalue weighted by Crippen LogP contribution is 2.23. The van der Waals surface area contributed by atoms with Gasteiger partial charge >= 0.3 is 0 Å². The van der Waals surface area contributed by atoms with E-state index in [2.05, 4.69) is 12.0 Å². The van der Waals surface area contributed by atoms with Gasteiger partial charge in [0.05, 0.1) is 13.2 Å². The smallest absolute Gasteiger partial charge is 0.274 e. The maximum Gasteiger partial charge on any atom is 0.274 e. The van der Waals surface area contributed by atoms with Crippen LogP contribution in [0, 0.1) is 0 Å². The minimum Gasteiger partial charge on any atom is -0.376 e. The van der Waals surface area contributed by atoms with Crippen LogP contribution < -0.4 is 0 Å². The third-order valence-electron chi connectivity index (χ3n) is 4.04. The molecule has 1 fully saturated rings. The highest BCUT2D eigenvalue weighted by atomic mass is 16.5. The molecule has 1 amide bonds. The summed E-state index contributed by atoms with van der Waals surface area (Å²) in [5.74, 6) is 0.0913. The second kappa shape index (κ2) is 5.33. The van der Waals surface area contributed by atoms with E-state index in [-0.39, 0.29) is 5.91 Å². The van der Waals surface area contributed by atoms with Gasteiger partial charge in [-0.15, -0.1) is 0 Å². The average Bonchev–Trinajstić information content (AvgIpc) is 2.86. The average molecular weight is 263 g/mol. The highest BCUT2D eigenvalue weighted by Gasteiger charge is 2.28. The zero-order valence-electron chi connectivity index (χ0n) is 11.5. The number of carbonyl (C=O) groups is 1. The number of aryl methyl sites for hydroxylation is 1. The Morgan fingerprint density at radius 1 is 1.32 bits per heavy atom. The Balaban J connectivity index is 1.91. The van der Waals surface area contributed by atoms with Crippen molar-refractivity contribution in [3.8, 4) is 0 Å². The van der Waals surface area contributed by atoms with Gasteiger partial charge in [0, 0.05) is 37.3 Å². The van der Waals surface area contributed by atoms with Crippen LogP contribution in [0.3, 0.4) is 0 Å². The fourth-order valence-electron chi connectivity index (χ4n) is 2.99. The lowest BCUT2D eigenvalue weighted by Crippen LogP contribution is -2.36. The number of hydrogen-bond acceptors (Lipinski definition) is 3. The largest absolute Gasteiger partial charge is 0.376 e. The Labute approximate surface area is 113 Å². The monoisotopic (exact) mass is 263 g/mol. The molecule has 1 aromatic heterocycles. The molecule has 19 heavy (non-hydrogen) atoms. The summed E-state index contributed by atoms with van der Waals surface area (Å²) < 4.78 is 7.48. The van der Waals surface area contributed by atoms with Crippen molar-refractivity contribution in [2.45, 2.75) is 45.8 Å². The van der Waals surface area contributed by atoms with Gasteiger partial charge in [-0.3, -0.25) is 9.48 Å². The summed E-state index contributed by atoms with van der Waals surface area (Å²) in [7, 11) is 0. The number of ether oxygens (including phenoxy) is 1. The highest BCUT2D eigenvalue weighted by molar-refractivity contribution is 5.94. The number of hydrogen-bond donors (Lipinski definition) is 0. The molecule has 3 rings (SSSR count). The molecule has 2 aliphatic heterocycles. The molecule has 0 aromatic carbocycles. The van der Waals surface area contributed by atoms with E-state index in [0.717, 1.165) is 51.1 Å². The van der Waals surface area contributed by atoms with Crippen LogP contribution in [-0.2, 0) is 24.3 Å². The lowest BCUT2D eigenvalue weighted by Gasteiger charge is -2.26. The Morgan fingerprint density at radius 2 is 2.11 bits per heavy atom. The van der Waals surface area contributed by atoms with E-state index in [9.17, 15) is 4.79 Å². The Hall–Kier alpha value is -1.36. The van der Waals surface area contributed by atoms with Gasteiger partial charge in [-0.05, 0) is 26.2 Å². The van der Waals surface area contributed by atoms with Crippen molar-refractivity contribution < 1.29 is 9.53 Å². The summed E-state index contributed by atoms with van der Waals surface area (Å²) in [6, 6.07) is 0. The number of nitrogens with zero attached hydrogens (tertiary/aromatic N) is 3. The Bertz CT molecular complexity index is 475. The molecule has 1 saturated heterocycles. The first-order chi connectivity index (χ1) is 9.31. The van der Waals surface area contributed by atoms with Crippen LogP contribution in [0.25, 0.3) is 0 Å². The van der Waals surface area contributed by atoms with E-state index in [1.165, 1.54) is 12.1 Å². The number of likely N-dealkylation sites (tertiary alicyclic amines) is 1. The quantitative estimate of drug-likeness (QED) is 0.814. The van der Waals surface area contributed by atoms with Gasteiger partial charge in [-0.25, -0.2) is 0 Å². The molecule has 0 saturated carbocycles. The second-order valence-electron chi connectivity index (χ2n) is 5.25. The number of fused-ring (bicyclic) bond motifs is 1. The zero-order chi connectivity index (χ0) is 13.2. The molecule has 1 aromatic rings. The van der Waals surface area contributed by atoms with Crippen LogP contribution in [0.2, 0.25) is 0 Å². The van der Waals surface area contributed by atoms with Crippen LogP contribution in [0.1, 0.15) is 47.9 Å². The first-order valence-electron chi connectivity index (χ1n) is 7.27. The molecule has 0 bridgehead atoms. The summed E-state index contributed by atoms with van der Waals surface area (Å²) in [6.07, 6.45) is 4.32. The van der Waals surface area contributed by atoms with Crippen molar-refractivity contribution in [1.29, 1.82) is 0 Å². The fraction of sp³-hybridized carbons (Fsp3) is 0.714. The van der Waals surface area contributed by atoms with Gasteiger partial charge in [-0.2, -0.15) is 5.10 Å². The van der Waals surface area contributed by atoms with Gasteiger partial charge in [0.15, 0.2) is 5.69 Å². The summed E-state index contributed by atoms with van der Waals surface area (Å²) in [4.78, 5) is 14.5. The SMILES string of the molecule is CCn1nc(C(=O)N2CCCCC2)c2c1CCOC2. The van der Waals surface area contributed by atoms with Crippen molar-refractivity contribution >= 4 is 5.91 Å². The first-order valence-corrected chi connectivity index (χ1v) is 7.27. The molecular weight excluding hydrogens is 242 g/mol. The number of aromatic nitrogens is 2. The molecule has 0 unspecified atom stereocenters. The maximum absolute atomic E-state index is 12.6. The van der Waals surface area contributed by atoms with E-state index < -0.39 is 0 Å². The molecule has 0 spiro atoms. The van der Waals surface area contributed by atoms with E-state index in [4.69, 9.17) is 4.74 Å². The van der Waals surface area contributed by atoms with Crippen molar-refractivity contribution in [3.63, 3.8) is 0 Å². The summed E-state index contributed by atoms with van der Waals surface area (Å²) >= 11 is 0. The number of piperidine rings is 1. The third-order valence-corrected chi connectivity index (χ3v) is 4.04. The van der Waals surface area contributed by atoms with Crippen molar-refractivity contribution in [3.05, 3.63) is 17.0 Å². The molecule has 0 N–H and O–H groups in total. The van der Waals surface area contributed by atoms with Gasteiger partial charge < -0.3 is 9.64 Å². The van der Waals surface area contributed by atoms with E-state index in [0.29, 0.717) is 12.3 Å². The van der Waals surface area contributed by atoms with Crippen molar-refractivity contribution in [2.24, 2.45) is 0 Å². The van der Waals surface area contributed by atoms with Gasteiger partial charge in [0.2, 0.25) is 0 Å². The molecular formula is C14H21N3O2. The molecule has 2 aliphatic rings. The summed E-state index contributed by atoms with van der Waals surface area (Å²) in [6.45, 7) is 5.88. The molecule has 5 heteroatoms. The van der Waals surface area contributed by atoms with E-state index >= 15 is 0 Å². The molecule has 0 radical (unpaired) electrons. The molecule has 0 aliphatic carbocycles. The van der Waals surface area contributed by atoms with Crippen LogP contribution in [-0.4, -0.2) is 40.3 Å². The zero-order valence-corrected chi connectivity index (χ0v) is 11.5. The molecule has 3 heterocycles. The minimum absolute atomic E-state index is 0.0913. The number of carbonyl (C=O) groups excluding carboxylic acids is 1. The number of amides is 1. The van der Waals surface area contributed by atoms with Crippen molar-refractivity contribution in [2.75, 3.05) is 19.7 Å². The van der Waals surface area contributed by atoms with Crippen LogP contribution in [0.4, 0.5) is 0 Å². The normalized spacial score (nSPS) is 19.3. The first kappa shape index (κ1) is 12.7.